The molecular formula is C19H20N4O2. The molecule has 1 amide bonds. The first-order valence-corrected chi connectivity index (χ1v) is 8.47. The number of carbonyl (C=O) groups excluding carboxylic acids is 1. The zero-order valence-corrected chi connectivity index (χ0v) is 13.8. The lowest BCUT2D eigenvalue weighted by Crippen LogP contribution is -2.42. The zero-order valence-electron chi connectivity index (χ0n) is 13.8. The maximum absolute atomic E-state index is 12.3. The minimum atomic E-state index is 0.0525. The highest BCUT2D eigenvalue weighted by atomic mass is 16.3. The van der Waals surface area contributed by atoms with Gasteiger partial charge in [0.2, 0.25) is 0 Å². The van der Waals surface area contributed by atoms with Crippen LogP contribution in [0.4, 0.5) is 5.69 Å². The number of carbonyl (C=O) groups is 1. The lowest BCUT2D eigenvalue weighted by atomic mass is 10.0. The quantitative estimate of drug-likeness (QED) is 0.766. The van der Waals surface area contributed by atoms with Gasteiger partial charge in [0.05, 0.1) is 18.0 Å². The average molecular weight is 336 g/mol. The monoisotopic (exact) mass is 336 g/mol. The number of nitrogens with zero attached hydrogens (tertiary/aromatic N) is 2. The third-order valence-corrected chi connectivity index (χ3v) is 4.64. The van der Waals surface area contributed by atoms with Gasteiger partial charge in [-0.15, -0.1) is 0 Å². The van der Waals surface area contributed by atoms with E-state index >= 15 is 0 Å². The summed E-state index contributed by atoms with van der Waals surface area (Å²) in [4.78, 5) is 14.2. The van der Waals surface area contributed by atoms with Crippen LogP contribution in [0.15, 0.2) is 59.7 Å². The molecule has 3 heterocycles. The zero-order chi connectivity index (χ0) is 17.1. The summed E-state index contributed by atoms with van der Waals surface area (Å²) in [5, 5.41) is 10.4. The smallest absolute Gasteiger partial charge is 0.257 e. The molecule has 0 unspecified atom stereocenters. The third kappa shape index (κ3) is 3.42. The number of likely N-dealkylation sites (tertiary alicyclic amines) is 1. The van der Waals surface area contributed by atoms with Crippen LogP contribution in [0.5, 0.6) is 0 Å². The van der Waals surface area contributed by atoms with E-state index in [4.69, 9.17) is 4.42 Å². The fraction of sp³-hybridized carbons (Fsp3) is 0.263. The van der Waals surface area contributed by atoms with Gasteiger partial charge in [0, 0.05) is 36.6 Å². The van der Waals surface area contributed by atoms with E-state index in [-0.39, 0.29) is 5.91 Å². The van der Waals surface area contributed by atoms with Gasteiger partial charge >= 0.3 is 0 Å². The summed E-state index contributed by atoms with van der Waals surface area (Å²) in [6.07, 6.45) is 8.62. The topological polar surface area (TPSA) is 74.2 Å². The molecule has 0 radical (unpaired) electrons. The summed E-state index contributed by atoms with van der Waals surface area (Å²) in [7, 11) is 0. The molecule has 6 heteroatoms. The molecule has 4 rings (SSSR count). The van der Waals surface area contributed by atoms with E-state index < -0.39 is 0 Å². The molecule has 0 aliphatic carbocycles. The predicted octanol–water partition coefficient (Wildman–Crippen LogP) is 3.39. The lowest BCUT2D eigenvalue weighted by molar-refractivity contribution is 0.0718. The second-order valence-corrected chi connectivity index (χ2v) is 6.29. The number of benzene rings is 1. The first kappa shape index (κ1) is 15.5. The van der Waals surface area contributed by atoms with Gasteiger partial charge in [-0.05, 0) is 36.6 Å². The van der Waals surface area contributed by atoms with Crippen LogP contribution in [0, 0.1) is 0 Å². The number of aromatic nitrogens is 2. The molecule has 0 bridgehead atoms. The lowest BCUT2D eigenvalue weighted by Gasteiger charge is -2.32. The first-order valence-electron chi connectivity index (χ1n) is 8.47. The van der Waals surface area contributed by atoms with Crippen molar-refractivity contribution < 1.29 is 9.21 Å². The number of aromatic amines is 1. The van der Waals surface area contributed by atoms with Gasteiger partial charge in [-0.25, -0.2) is 0 Å². The van der Waals surface area contributed by atoms with Crippen LogP contribution in [0.1, 0.15) is 23.2 Å². The molecule has 0 spiro atoms. The standard InChI is InChI=1S/C19H20N4O2/c24-19(15-7-10-25-13-15)23-8-5-18(6-9-23)22-17-3-1-14(2-4-17)16-11-20-21-12-16/h1-4,7,10-13,18,22H,5-6,8-9H2,(H,20,21). The van der Waals surface area contributed by atoms with Gasteiger partial charge in [0.1, 0.15) is 6.26 Å². The number of H-pyrrole nitrogens is 1. The van der Waals surface area contributed by atoms with Crippen LogP contribution in [-0.4, -0.2) is 40.1 Å². The maximum atomic E-state index is 12.3. The van der Waals surface area contributed by atoms with Crippen molar-refractivity contribution in [3.8, 4) is 11.1 Å². The fourth-order valence-corrected chi connectivity index (χ4v) is 3.20. The Hall–Kier alpha value is -3.02. The van der Waals surface area contributed by atoms with Crippen molar-refractivity contribution in [1.29, 1.82) is 0 Å². The molecule has 128 valence electrons. The number of nitrogens with one attached hydrogen (secondary N) is 2. The number of furan rings is 1. The number of hydrogen-bond donors (Lipinski definition) is 2. The SMILES string of the molecule is O=C(c1ccoc1)N1CCC(Nc2ccc(-c3cn[nH]c3)cc2)CC1. The van der Waals surface area contributed by atoms with E-state index in [1.54, 1.807) is 6.07 Å². The molecule has 6 nitrogen and oxygen atoms in total. The number of rotatable bonds is 4. The molecule has 2 aromatic heterocycles. The van der Waals surface area contributed by atoms with Gasteiger partial charge in [0.15, 0.2) is 0 Å². The van der Waals surface area contributed by atoms with Crippen LogP contribution in [0.3, 0.4) is 0 Å². The predicted molar refractivity (Wildman–Crippen MR) is 95.3 cm³/mol. The molecule has 25 heavy (non-hydrogen) atoms. The molecule has 1 aliphatic rings. The van der Waals surface area contributed by atoms with Crippen LogP contribution in [0.25, 0.3) is 11.1 Å². The van der Waals surface area contributed by atoms with Crippen LogP contribution >= 0.6 is 0 Å². The molecule has 1 aliphatic heterocycles. The summed E-state index contributed by atoms with van der Waals surface area (Å²) in [6.45, 7) is 1.52. The van der Waals surface area contributed by atoms with Gasteiger partial charge in [-0.2, -0.15) is 5.10 Å². The second-order valence-electron chi connectivity index (χ2n) is 6.29. The van der Waals surface area contributed by atoms with E-state index in [2.05, 4.69) is 39.8 Å². The third-order valence-electron chi connectivity index (χ3n) is 4.64. The van der Waals surface area contributed by atoms with Crippen LogP contribution in [-0.2, 0) is 0 Å². The first-order chi connectivity index (χ1) is 12.3. The van der Waals surface area contributed by atoms with E-state index in [1.165, 1.54) is 12.5 Å². The number of amides is 1. The minimum Gasteiger partial charge on any atom is -0.472 e. The molecule has 2 N–H and O–H groups in total. The van der Waals surface area contributed by atoms with Crippen LogP contribution in [0.2, 0.25) is 0 Å². The summed E-state index contributed by atoms with van der Waals surface area (Å²) < 4.78 is 5.00. The number of piperidine rings is 1. The molecule has 0 saturated carbocycles. The van der Waals surface area contributed by atoms with Crippen molar-refractivity contribution in [3.63, 3.8) is 0 Å². The fourth-order valence-electron chi connectivity index (χ4n) is 3.20. The van der Waals surface area contributed by atoms with Gasteiger partial charge in [-0.1, -0.05) is 12.1 Å². The Morgan fingerprint density at radius 1 is 1.16 bits per heavy atom. The van der Waals surface area contributed by atoms with Crippen molar-refractivity contribution >= 4 is 11.6 Å². The van der Waals surface area contributed by atoms with Gasteiger partial charge in [-0.3, -0.25) is 9.89 Å². The molecule has 1 fully saturated rings. The number of hydrogen-bond acceptors (Lipinski definition) is 4. The largest absolute Gasteiger partial charge is 0.472 e. The minimum absolute atomic E-state index is 0.0525. The molecule has 1 aromatic carbocycles. The van der Waals surface area contributed by atoms with E-state index in [1.807, 2.05) is 17.3 Å². The Balaban J connectivity index is 1.32. The van der Waals surface area contributed by atoms with E-state index in [0.717, 1.165) is 42.7 Å². The highest BCUT2D eigenvalue weighted by Crippen LogP contribution is 2.22. The Morgan fingerprint density at radius 3 is 2.60 bits per heavy atom. The Morgan fingerprint density at radius 2 is 1.96 bits per heavy atom. The Labute approximate surface area is 145 Å². The van der Waals surface area contributed by atoms with Gasteiger partial charge < -0.3 is 14.6 Å². The average Bonchev–Trinajstić information content (AvgIpc) is 3.36. The van der Waals surface area contributed by atoms with Gasteiger partial charge in [0.25, 0.3) is 5.91 Å². The molecule has 3 aromatic rings. The van der Waals surface area contributed by atoms with E-state index in [9.17, 15) is 4.79 Å². The van der Waals surface area contributed by atoms with Crippen molar-refractivity contribution in [2.45, 2.75) is 18.9 Å². The molecule has 0 atom stereocenters. The second kappa shape index (κ2) is 6.84. The Kier molecular flexibility index (Phi) is 4.24. The van der Waals surface area contributed by atoms with Crippen molar-refractivity contribution in [1.82, 2.24) is 15.1 Å². The normalized spacial score (nSPS) is 15.3. The molecular weight excluding hydrogens is 316 g/mol. The van der Waals surface area contributed by atoms with Crippen molar-refractivity contribution in [3.05, 3.63) is 60.8 Å². The summed E-state index contributed by atoms with van der Waals surface area (Å²) in [5.74, 6) is 0.0525. The Bertz CT molecular complexity index is 802. The highest BCUT2D eigenvalue weighted by Gasteiger charge is 2.24. The summed E-state index contributed by atoms with van der Waals surface area (Å²) >= 11 is 0. The summed E-state index contributed by atoms with van der Waals surface area (Å²) in [6, 6.07) is 10.5. The van der Waals surface area contributed by atoms with Crippen LogP contribution < -0.4 is 5.32 Å². The maximum Gasteiger partial charge on any atom is 0.257 e. The molecule has 1 saturated heterocycles. The van der Waals surface area contributed by atoms with Crippen molar-refractivity contribution in [2.75, 3.05) is 18.4 Å². The number of anilines is 1. The van der Waals surface area contributed by atoms with E-state index in [0.29, 0.717) is 11.6 Å². The highest BCUT2D eigenvalue weighted by molar-refractivity contribution is 5.93. The van der Waals surface area contributed by atoms with Crippen molar-refractivity contribution in [2.24, 2.45) is 0 Å². The summed E-state index contributed by atoms with van der Waals surface area (Å²) in [5.41, 5.74) is 3.95.